The number of piperidine rings is 1. The van der Waals surface area contributed by atoms with Gasteiger partial charge in [-0.15, -0.1) is 11.3 Å². The minimum absolute atomic E-state index is 0.0385. The van der Waals surface area contributed by atoms with Crippen molar-refractivity contribution in [1.29, 1.82) is 0 Å². The monoisotopic (exact) mass is 557 g/mol. The van der Waals surface area contributed by atoms with E-state index in [2.05, 4.69) is 4.99 Å². The van der Waals surface area contributed by atoms with E-state index in [0.29, 0.717) is 34.3 Å². The molecule has 0 radical (unpaired) electrons. The van der Waals surface area contributed by atoms with Crippen LogP contribution in [0.2, 0.25) is 4.34 Å². The molecule has 1 unspecified atom stereocenters. The summed E-state index contributed by atoms with van der Waals surface area (Å²) in [5, 5.41) is 0. The van der Waals surface area contributed by atoms with Gasteiger partial charge in [-0.1, -0.05) is 22.9 Å². The number of rotatable bonds is 7. The maximum atomic E-state index is 13.2. The van der Waals surface area contributed by atoms with Crippen LogP contribution in [0.3, 0.4) is 0 Å². The maximum Gasteiger partial charge on any atom is 0.326 e. The Morgan fingerprint density at radius 2 is 2.03 bits per heavy atom. The number of fused-ring (bicyclic) bond motifs is 1. The highest BCUT2D eigenvalue weighted by molar-refractivity contribution is 7.91. The molecule has 0 aliphatic carbocycles. The quantitative estimate of drug-likeness (QED) is 0.411. The molecule has 9 nitrogen and oxygen atoms in total. The zero-order valence-corrected chi connectivity index (χ0v) is 22.3. The number of thiophene rings is 1. The Hall–Kier alpha value is -2.25. The first-order valence-corrected chi connectivity index (χ1v) is 14.3. The Morgan fingerprint density at radius 1 is 1.23 bits per heavy atom. The Labute approximate surface area is 215 Å². The highest BCUT2D eigenvalue weighted by atomic mass is 35.5. The average molecular weight is 558 g/mol. The van der Waals surface area contributed by atoms with E-state index in [9.17, 15) is 18.0 Å². The summed E-state index contributed by atoms with van der Waals surface area (Å²) in [7, 11) is -2.18. The number of benzene rings is 1. The second-order valence-electron chi connectivity index (χ2n) is 7.82. The van der Waals surface area contributed by atoms with Crippen LogP contribution in [0.15, 0.2) is 39.5 Å². The number of nitrogens with zero attached hydrogens (tertiary/aromatic N) is 3. The van der Waals surface area contributed by atoms with E-state index in [-0.39, 0.29) is 23.9 Å². The molecule has 1 atom stereocenters. The second-order valence-corrected chi connectivity index (χ2v) is 12.7. The lowest BCUT2D eigenvalue weighted by Gasteiger charge is -2.29. The van der Waals surface area contributed by atoms with Crippen molar-refractivity contribution in [2.24, 2.45) is 10.9 Å². The van der Waals surface area contributed by atoms with Crippen molar-refractivity contribution >= 4 is 66.4 Å². The van der Waals surface area contributed by atoms with Gasteiger partial charge in [0.25, 0.3) is 15.9 Å². The van der Waals surface area contributed by atoms with Crippen LogP contribution in [0, 0.1) is 5.92 Å². The van der Waals surface area contributed by atoms with Crippen molar-refractivity contribution in [3.8, 4) is 5.75 Å². The van der Waals surface area contributed by atoms with Gasteiger partial charge in [0.1, 0.15) is 16.5 Å². The van der Waals surface area contributed by atoms with E-state index >= 15 is 0 Å². The van der Waals surface area contributed by atoms with Gasteiger partial charge in [0, 0.05) is 13.1 Å². The van der Waals surface area contributed by atoms with Crippen LogP contribution in [-0.4, -0.2) is 56.0 Å². The van der Waals surface area contributed by atoms with E-state index in [1.807, 2.05) is 6.07 Å². The maximum absolute atomic E-state index is 13.2. The number of hydrogen-bond acceptors (Lipinski definition) is 8. The van der Waals surface area contributed by atoms with Gasteiger partial charge in [-0.05, 0) is 50.1 Å². The van der Waals surface area contributed by atoms with Gasteiger partial charge in [0.05, 0.1) is 34.2 Å². The topological polar surface area (TPSA) is 107 Å². The van der Waals surface area contributed by atoms with Crippen LogP contribution in [0.1, 0.15) is 19.8 Å². The van der Waals surface area contributed by atoms with Crippen molar-refractivity contribution in [1.82, 2.24) is 8.87 Å². The van der Waals surface area contributed by atoms with Gasteiger partial charge in [-0.25, -0.2) is 8.42 Å². The molecule has 1 aliphatic rings. The first kappa shape index (κ1) is 25.8. The number of methoxy groups -OCH3 is 1. The molecule has 0 N–H and O–H groups in total. The van der Waals surface area contributed by atoms with Crippen LogP contribution >= 0.6 is 34.3 Å². The summed E-state index contributed by atoms with van der Waals surface area (Å²) in [5.74, 6) is -0.821. The fraction of sp³-hybridized carbons (Fsp3) is 0.409. The fourth-order valence-corrected chi connectivity index (χ4v) is 8.09. The fourth-order valence-electron chi connectivity index (χ4n) is 3.87. The van der Waals surface area contributed by atoms with Gasteiger partial charge in [0.15, 0.2) is 4.80 Å². The molecule has 0 spiro atoms. The number of ether oxygens (including phenoxy) is 2. The van der Waals surface area contributed by atoms with Gasteiger partial charge < -0.3 is 14.0 Å². The molecular formula is C22H24ClN3O6S3. The molecule has 2 aromatic heterocycles. The van der Waals surface area contributed by atoms with Gasteiger partial charge in [-0.2, -0.15) is 9.30 Å². The van der Waals surface area contributed by atoms with Crippen LogP contribution in [0.25, 0.3) is 10.2 Å². The number of esters is 1. The molecule has 1 fully saturated rings. The molecule has 1 saturated heterocycles. The lowest BCUT2D eigenvalue weighted by Crippen LogP contribution is -2.42. The Kier molecular flexibility index (Phi) is 7.96. The molecular weight excluding hydrogens is 534 g/mol. The number of carbonyl (C=O) groups excluding carboxylic acids is 2. The summed E-state index contributed by atoms with van der Waals surface area (Å²) in [5.41, 5.74) is 0.720. The van der Waals surface area contributed by atoms with E-state index in [1.54, 1.807) is 36.8 Å². The Morgan fingerprint density at radius 3 is 2.71 bits per heavy atom. The standard InChI is InChI=1S/C22H24ClN3O6S3/c1-3-32-19(27)13-26-16-7-6-15(31-2)11-17(16)33-22(26)24-21(28)14-5-4-10-25(12-14)35(29,30)20-9-8-18(23)34-20/h6-9,11,14H,3-5,10,12-13H2,1-2H3. The Bertz CT molecular complexity index is 1430. The predicted molar refractivity (Wildman–Crippen MR) is 134 cm³/mol. The second kappa shape index (κ2) is 10.8. The third-order valence-corrected chi connectivity index (χ3v) is 10.2. The van der Waals surface area contributed by atoms with Crippen molar-refractivity contribution in [2.75, 3.05) is 26.8 Å². The van der Waals surface area contributed by atoms with Gasteiger partial charge in [-0.3, -0.25) is 9.59 Å². The summed E-state index contributed by atoms with van der Waals surface area (Å²) < 4.78 is 40.7. The molecule has 3 heterocycles. The van der Waals surface area contributed by atoms with Crippen LogP contribution in [0.4, 0.5) is 0 Å². The first-order valence-electron chi connectivity index (χ1n) is 10.9. The third kappa shape index (κ3) is 5.61. The molecule has 0 bridgehead atoms. The van der Waals surface area contributed by atoms with Gasteiger partial charge in [0.2, 0.25) is 0 Å². The summed E-state index contributed by atoms with van der Waals surface area (Å²) >= 11 is 8.17. The molecule has 4 rings (SSSR count). The lowest BCUT2D eigenvalue weighted by atomic mass is 9.99. The highest BCUT2D eigenvalue weighted by Crippen LogP contribution is 2.31. The Balaban J connectivity index is 1.65. The predicted octanol–water partition coefficient (Wildman–Crippen LogP) is 3.52. The molecule has 0 saturated carbocycles. The SMILES string of the molecule is CCOC(=O)Cn1c(=NC(=O)C2CCCN(S(=O)(=O)c3ccc(Cl)s3)C2)sc2cc(OC)ccc21. The number of hydrogen-bond donors (Lipinski definition) is 0. The van der Waals surface area contributed by atoms with E-state index in [0.717, 1.165) is 21.6 Å². The summed E-state index contributed by atoms with van der Waals surface area (Å²) in [6.07, 6.45) is 1.06. The highest BCUT2D eigenvalue weighted by Gasteiger charge is 2.34. The molecule has 1 aliphatic heterocycles. The lowest BCUT2D eigenvalue weighted by molar-refractivity contribution is -0.143. The van der Waals surface area contributed by atoms with Crippen molar-refractivity contribution in [3.05, 3.63) is 39.5 Å². The number of amides is 1. The molecule has 3 aromatic rings. The number of carbonyl (C=O) groups is 2. The zero-order chi connectivity index (χ0) is 25.2. The van der Waals surface area contributed by atoms with Crippen molar-refractivity contribution in [3.63, 3.8) is 0 Å². The van der Waals surface area contributed by atoms with E-state index < -0.39 is 27.8 Å². The summed E-state index contributed by atoms with van der Waals surface area (Å²) in [6, 6.07) is 8.39. The number of sulfonamides is 1. The first-order chi connectivity index (χ1) is 16.7. The molecule has 188 valence electrons. The molecule has 1 amide bonds. The largest absolute Gasteiger partial charge is 0.497 e. The number of thiazole rings is 1. The van der Waals surface area contributed by atoms with Crippen molar-refractivity contribution < 1.29 is 27.5 Å². The average Bonchev–Trinajstić information content (AvgIpc) is 3.43. The minimum Gasteiger partial charge on any atom is -0.497 e. The van der Waals surface area contributed by atoms with Crippen LogP contribution in [0.5, 0.6) is 5.75 Å². The summed E-state index contributed by atoms with van der Waals surface area (Å²) in [4.78, 5) is 30.1. The van der Waals surface area contributed by atoms with E-state index in [4.69, 9.17) is 21.1 Å². The zero-order valence-electron chi connectivity index (χ0n) is 19.1. The van der Waals surface area contributed by atoms with Gasteiger partial charge >= 0.3 is 5.97 Å². The smallest absolute Gasteiger partial charge is 0.326 e. The van der Waals surface area contributed by atoms with Crippen molar-refractivity contribution in [2.45, 2.75) is 30.5 Å². The van der Waals surface area contributed by atoms with E-state index in [1.165, 1.54) is 21.7 Å². The molecule has 35 heavy (non-hydrogen) atoms. The molecule has 13 heteroatoms. The number of halogens is 1. The normalized spacial score (nSPS) is 17.6. The minimum atomic E-state index is -3.74. The number of aromatic nitrogens is 1. The third-order valence-electron chi connectivity index (χ3n) is 5.56. The molecule has 1 aromatic carbocycles. The summed E-state index contributed by atoms with van der Waals surface area (Å²) in [6.45, 7) is 2.23. The van der Waals surface area contributed by atoms with Crippen LogP contribution < -0.4 is 9.54 Å². The van der Waals surface area contributed by atoms with Crippen LogP contribution in [-0.2, 0) is 30.9 Å².